The minimum Gasteiger partial charge on any atom is -0.497 e. The molecule has 1 aliphatic heterocycles. The molecule has 0 atom stereocenters. The third kappa shape index (κ3) is 8.59. The molecular weight excluding hydrogens is 435 g/mol. The Morgan fingerprint density at radius 3 is 2.40 bits per heavy atom. The van der Waals surface area contributed by atoms with Gasteiger partial charge in [0.1, 0.15) is 18.1 Å². The van der Waals surface area contributed by atoms with E-state index in [2.05, 4.69) is 20.5 Å². The van der Waals surface area contributed by atoms with Gasteiger partial charge in [-0.05, 0) is 24.3 Å². The SMILES string of the molecule is CN=C(NCCOc1ccc(OC)cc1)NCCN1CCOCC1.I. The summed E-state index contributed by atoms with van der Waals surface area (Å²) in [5.41, 5.74) is 0. The number of ether oxygens (including phenoxy) is 3. The molecule has 1 aliphatic rings. The highest BCUT2D eigenvalue weighted by molar-refractivity contribution is 14.0. The first-order valence-electron chi connectivity index (χ1n) is 8.33. The van der Waals surface area contributed by atoms with Crippen LogP contribution >= 0.6 is 24.0 Å². The lowest BCUT2D eigenvalue weighted by Crippen LogP contribution is -2.45. The summed E-state index contributed by atoms with van der Waals surface area (Å²) >= 11 is 0. The van der Waals surface area contributed by atoms with E-state index in [0.717, 1.165) is 56.9 Å². The first kappa shape index (κ1) is 21.8. The number of aliphatic imine (C=N–C) groups is 1. The van der Waals surface area contributed by atoms with Crippen molar-refractivity contribution in [3.63, 3.8) is 0 Å². The Balaban J connectivity index is 0.00000312. The van der Waals surface area contributed by atoms with Crippen LogP contribution in [-0.4, -0.2) is 77.6 Å². The second-order valence-electron chi connectivity index (χ2n) is 5.40. The summed E-state index contributed by atoms with van der Waals surface area (Å²) in [4.78, 5) is 6.60. The van der Waals surface area contributed by atoms with Gasteiger partial charge in [0, 0.05) is 33.2 Å². The second-order valence-corrected chi connectivity index (χ2v) is 5.40. The maximum absolute atomic E-state index is 5.68. The van der Waals surface area contributed by atoms with Crippen LogP contribution in [-0.2, 0) is 4.74 Å². The van der Waals surface area contributed by atoms with Crippen molar-refractivity contribution in [2.24, 2.45) is 4.99 Å². The fourth-order valence-corrected chi connectivity index (χ4v) is 2.39. The van der Waals surface area contributed by atoms with Crippen LogP contribution in [0.2, 0.25) is 0 Å². The van der Waals surface area contributed by atoms with Crippen molar-refractivity contribution in [2.75, 3.05) is 66.7 Å². The Morgan fingerprint density at radius 2 is 1.76 bits per heavy atom. The molecule has 0 aliphatic carbocycles. The quantitative estimate of drug-likeness (QED) is 0.261. The monoisotopic (exact) mass is 464 g/mol. The van der Waals surface area contributed by atoms with Gasteiger partial charge >= 0.3 is 0 Å². The molecule has 8 heteroatoms. The molecule has 0 radical (unpaired) electrons. The number of morpholine rings is 1. The summed E-state index contributed by atoms with van der Waals surface area (Å²) in [5, 5.41) is 6.56. The van der Waals surface area contributed by atoms with E-state index in [-0.39, 0.29) is 24.0 Å². The Kier molecular flexibility index (Phi) is 11.3. The Bertz CT molecular complexity index is 493. The lowest BCUT2D eigenvalue weighted by Gasteiger charge is -2.26. The van der Waals surface area contributed by atoms with Gasteiger partial charge in [-0.1, -0.05) is 0 Å². The van der Waals surface area contributed by atoms with Gasteiger partial charge in [-0.25, -0.2) is 0 Å². The summed E-state index contributed by atoms with van der Waals surface area (Å²) in [6.07, 6.45) is 0. The summed E-state index contributed by atoms with van der Waals surface area (Å²) in [5.74, 6) is 2.44. The first-order valence-corrected chi connectivity index (χ1v) is 8.33. The zero-order valence-corrected chi connectivity index (χ0v) is 17.3. The van der Waals surface area contributed by atoms with Crippen molar-refractivity contribution < 1.29 is 14.2 Å². The molecule has 1 aromatic rings. The highest BCUT2D eigenvalue weighted by atomic mass is 127. The summed E-state index contributed by atoms with van der Waals surface area (Å²) < 4.78 is 16.1. The molecule has 2 rings (SSSR count). The topological polar surface area (TPSA) is 67.4 Å². The van der Waals surface area contributed by atoms with Gasteiger partial charge in [-0.15, -0.1) is 24.0 Å². The lowest BCUT2D eigenvalue weighted by atomic mass is 10.3. The van der Waals surface area contributed by atoms with Crippen LogP contribution in [0, 0.1) is 0 Å². The Labute approximate surface area is 167 Å². The molecule has 1 aromatic carbocycles. The van der Waals surface area contributed by atoms with E-state index in [1.54, 1.807) is 14.2 Å². The number of hydrogen-bond acceptors (Lipinski definition) is 5. The van der Waals surface area contributed by atoms with Crippen molar-refractivity contribution in [3.8, 4) is 11.5 Å². The van der Waals surface area contributed by atoms with E-state index < -0.39 is 0 Å². The van der Waals surface area contributed by atoms with E-state index >= 15 is 0 Å². The molecule has 0 amide bonds. The molecular formula is C17H29IN4O3. The van der Waals surface area contributed by atoms with Gasteiger partial charge in [0.05, 0.1) is 26.9 Å². The minimum atomic E-state index is 0. The second kappa shape index (κ2) is 13.0. The molecule has 25 heavy (non-hydrogen) atoms. The summed E-state index contributed by atoms with van der Waals surface area (Å²) in [6.45, 7) is 6.77. The number of rotatable bonds is 8. The van der Waals surface area contributed by atoms with Crippen molar-refractivity contribution in [2.45, 2.75) is 0 Å². The number of guanidine groups is 1. The van der Waals surface area contributed by atoms with Crippen molar-refractivity contribution in [3.05, 3.63) is 24.3 Å². The van der Waals surface area contributed by atoms with Gasteiger partial charge in [0.15, 0.2) is 5.96 Å². The molecule has 1 heterocycles. The Morgan fingerprint density at radius 1 is 1.12 bits per heavy atom. The zero-order valence-electron chi connectivity index (χ0n) is 15.0. The summed E-state index contributed by atoms with van der Waals surface area (Å²) in [6, 6.07) is 7.56. The number of methoxy groups -OCH3 is 1. The molecule has 0 spiro atoms. The van der Waals surface area contributed by atoms with Gasteiger partial charge < -0.3 is 24.8 Å². The third-order valence-electron chi connectivity index (χ3n) is 3.77. The molecule has 7 nitrogen and oxygen atoms in total. The molecule has 2 N–H and O–H groups in total. The average Bonchev–Trinajstić information content (AvgIpc) is 2.65. The highest BCUT2D eigenvalue weighted by Crippen LogP contribution is 2.16. The molecule has 1 fully saturated rings. The highest BCUT2D eigenvalue weighted by Gasteiger charge is 2.09. The van der Waals surface area contributed by atoms with Crippen LogP contribution in [0.3, 0.4) is 0 Å². The normalized spacial score (nSPS) is 15.2. The van der Waals surface area contributed by atoms with Crippen LogP contribution < -0.4 is 20.1 Å². The summed E-state index contributed by atoms with van der Waals surface area (Å²) in [7, 11) is 3.42. The smallest absolute Gasteiger partial charge is 0.191 e. The van der Waals surface area contributed by atoms with Gasteiger partial charge in [0.2, 0.25) is 0 Å². The van der Waals surface area contributed by atoms with Crippen LogP contribution in [0.25, 0.3) is 0 Å². The van der Waals surface area contributed by atoms with E-state index in [1.807, 2.05) is 24.3 Å². The van der Waals surface area contributed by atoms with Crippen LogP contribution in [0.15, 0.2) is 29.3 Å². The van der Waals surface area contributed by atoms with Gasteiger partial charge in [0.25, 0.3) is 0 Å². The standard InChI is InChI=1S/C17H28N4O3.HI/c1-18-17(19-7-9-21-10-13-23-14-11-21)20-8-12-24-16-5-3-15(22-2)4-6-16;/h3-6H,7-14H2,1-2H3,(H2,18,19,20);1H. The predicted octanol–water partition coefficient (Wildman–Crippen LogP) is 1.19. The van der Waals surface area contributed by atoms with E-state index in [1.165, 1.54) is 0 Å². The average molecular weight is 464 g/mol. The fraction of sp³-hybridized carbons (Fsp3) is 0.588. The molecule has 1 saturated heterocycles. The molecule has 0 bridgehead atoms. The molecule has 0 aromatic heterocycles. The number of nitrogens with zero attached hydrogens (tertiary/aromatic N) is 2. The Hall–Kier alpha value is -1.26. The number of benzene rings is 1. The van der Waals surface area contributed by atoms with E-state index in [9.17, 15) is 0 Å². The predicted molar refractivity (Wildman–Crippen MR) is 111 cm³/mol. The van der Waals surface area contributed by atoms with Crippen molar-refractivity contribution in [1.82, 2.24) is 15.5 Å². The minimum absolute atomic E-state index is 0. The van der Waals surface area contributed by atoms with E-state index in [0.29, 0.717) is 13.2 Å². The maximum atomic E-state index is 5.68. The lowest BCUT2D eigenvalue weighted by molar-refractivity contribution is 0.0389. The molecule has 0 unspecified atom stereocenters. The number of nitrogens with one attached hydrogen (secondary N) is 2. The number of hydrogen-bond donors (Lipinski definition) is 2. The zero-order chi connectivity index (χ0) is 17.0. The van der Waals surface area contributed by atoms with Crippen LogP contribution in [0.1, 0.15) is 0 Å². The first-order chi connectivity index (χ1) is 11.8. The largest absolute Gasteiger partial charge is 0.497 e. The fourth-order valence-electron chi connectivity index (χ4n) is 2.39. The van der Waals surface area contributed by atoms with Gasteiger partial charge in [-0.3, -0.25) is 9.89 Å². The van der Waals surface area contributed by atoms with E-state index in [4.69, 9.17) is 14.2 Å². The van der Waals surface area contributed by atoms with Crippen LogP contribution in [0.4, 0.5) is 0 Å². The van der Waals surface area contributed by atoms with Crippen LogP contribution in [0.5, 0.6) is 11.5 Å². The van der Waals surface area contributed by atoms with Crippen molar-refractivity contribution >= 4 is 29.9 Å². The van der Waals surface area contributed by atoms with Gasteiger partial charge in [-0.2, -0.15) is 0 Å². The maximum Gasteiger partial charge on any atom is 0.191 e. The van der Waals surface area contributed by atoms with Crippen molar-refractivity contribution in [1.29, 1.82) is 0 Å². The third-order valence-corrected chi connectivity index (χ3v) is 3.77. The number of halogens is 1. The molecule has 0 saturated carbocycles. The molecule has 142 valence electrons.